The Hall–Kier alpha value is -2.11. The van der Waals surface area contributed by atoms with Gasteiger partial charge in [-0.15, -0.1) is 0 Å². The third kappa shape index (κ3) is 2.77. The molecule has 0 aliphatic heterocycles. The van der Waals surface area contributed by atoms with Gasteiger partial charge in [0.15, 0.2) is 17.4 Å². The molecule has 0 fully saturated rings. The summed E-state index contributed by atoms with van der Waals surface area (Å²) in [6.45, 7) is 5.15. The molecule has 0 unspecified atom stereocenters. The highest BCUT2D eigenvalue weighted by Crippen LogP contribution is 2.19. The van der Waals surface area contributed by atoms with Crippen molar-refractivity contribution in [2.24, 2.45) is 0 Å². The Kier molecular flexibility index (Phi) is 3.76. The molecule has 2 N–H and O–H groups in total. The molecule has 2 rings (SSSR count). The van der Waals surface area contributed by atoms with Gasteiger partial charge < -0.3 is 10.5 Å². The number of rotatable bonds is 5. The van der Waals surface area contributed by atoms with E-state index in [1.807, 2.05) is 23.7 Å². The SMILES string of the molecule is CCCn1ncnc1COc1ccc(C)nc1N. The lowest BCUT2D eigenvalue weighted by Crippen LogP contribution is -2.09. The first-order valence-electron chi connectivity index (χ1n) is 5.93. The average Bonchev–Trinajstić information content (AvgIpc) is 2.76. The summed E-state index contributed by atoms with van der Waals surface area (Å²) >= 11 is 0. The van der Waals surface area contributed by atoms with Crippen LogP contribution in [0.25, 0.3) is 0 Å². The van der Waals surface area contributed by atoms with Crippen molar-refractivity contribution in [3.05, 3.63) is 30.0 Å². The first-order chi connectivity index (χ1) is 8.70. The van der Waals surface area contributed by atoms with Gasteiger partial charge in [-0.2, -0.15) is 5.10 Å². The van der Waals surface area contributed by atoms with E-state index >= 15 is 0 Å². The van der Waals surface area contributed by atoms with Crippen molar-refractivity contribution < 1.29 is 4.74 Å². The summed E-state index contributed by atoms with van der Waals surface area (Å²) in [6.07, 6.45) is 2.54. The van der Waals surface area contributed by atoms with E-state index in [0.29, 0.717) is 18.2 Å². The van der Waals surface area contributed by atoms with Crippen molar-refractivity contribution in [3.8, 4) is 5.75 Å². The molecule has 0 radical (unpaired) electrons. The monoisotopic (exact) mass is 247 g/mol. The number of hydrogen-bond donors (Lipinski definition) is 1. The van der Waals surface area contributed by atoms with Gasteiger partial charge in [0, 0.05) is 12.2 Å². The van der Waals surface area contributed by atoms with Gasteiger partial charge in [-0.05, 0) is 25.5 Å². The normalized spacial score (nSPS) is 10.6. The van der Waals surface area contributed by atoms with E-state index in [4.69, 9.17) is 10.5 Å². The number of nitrogen functional groups attached to an aromatic ring is 1. The Bertz CT molecular complexity index is 523. The Morgan fingerprint density at radius 3 is 2.94 bits per heavy atom. The molecule has 0 aliphatic carbocycles. The lowest BCUT2D eigenvalue weighted by Gasteiger charge is -2.09. The number of ether oxygens (including phenoxy) is 1. The minimum Gasteiger partial charge on any atom is -0.482 e. The van der Waals surface area contributed by atoms with Crippen molar-refractivity contribution in [1.29, 1.82) is 0 Å². The summed E-state index contributed by atoms with van der Waals surface area (Å²) in [4.78, 5) is 8.30. The fraction of sp³-hybridized carbons (Fsp3) is 0.417. The first kappa shape index (κ1) is 12.3. The minimum absolute atomic E-state index is 0.342. The fourth-order valence-corrected chi connectivity index (χ4v) is 1.63. The van der Waals surface area contributed by atoms with Crippen LogP contribution in [0.5, 0.6) is 5.75 Å². The van der Waals surface area contributed by atoms with Crippen molar-refractivity contribution in [3.63, 3.8) is 0 Å². The predicted molar refractivity (Wildman–Crippen MR) is 68.0 cm³/mol. The average molecular weight is 247 g/mol. The van der Waals surface area contributed by atoms with Crippen molar-refractivity contribution in [2.45, 2.75) is 33.4 Å². The topological polar surface area (TPSA) is 78.8 Å². The second-order valence-electron chi connectivity index (χ2n) is 4.02. The van der Waals surface area contributed by atoms with E-state index in [-0.39, 0.29) is 0 Å². The molecule has 0 bridgehead atoms. The van der Waals surface area contributed by atoms with Crippen molar-refractivity contribution in [1.82, 2.24) is 19.7 Å². The van der Waals surface area contributed by atoms with Crippen LogP contribution in [0.3, 0.4) is 0 Å². The van der Waals surface area contributed by atoms with Crippen LogP contribution in [0.1, 0.15) is 24.9 Å². The number of aryl methyl sites for hydroxylation is 2. The van der Waals surface area contributed by atoms with Gasteiger partial charge in [-0.3, -0.25) is 0 Å². The zero-order chi connectivity index (χ0) is 13.0. The third-order valence-electron chi connectivity index (χ3n) is 2.51. The third-order valence-corrected chi connectivity index (χ3v) is 2.51. The van der Waals surface area contributed by atoms with E-state index in [0.717, 1.165) is 24.5 Å². The highest BCUT2D eigenvalue weighted by Gasteiger charge is 2.07. The zero-order valence-electron chi connectivity index (χ0n) is 10.6. The maximum absolute atomic E-state index is 5.78. The number of pyridine rings is 1. The number of aromatic nitrogens is 4. The number of hydrogen-bond acceptors (Lipinski definition) is 5. The number of anilines is 1. The van der Waals surface area contributed by atoms with Crippen LogP contribution in [0.15, 0.2) is 18.5 Å². The standard InChI is InChI=1S/C12H17N5O/c1-3-6-17-11(14-8-15-17)7-18-10-5-4-9(2)16-12(10)13/h4-5,8H,3,6-7H2,1-2H3,(H2,13,16). The summed E-state index contributed by atoms with van der Waals surface area (Å²) in [6, 6.07) is 3.68. The molecule has 0 saturated carbocycles. The van der Waals surface area contributed by atoms with E-state index in [9.17, 15) is 0 Å². The molecular formula is C12H17N5O. The molecule has 0 aliphatic rings. The lowest BCUT2D eigenvalue weighted by atomic mass is 10.3. The quantitative estimate of drug-likeness (QED) is 0.867. The van der Waals surface area contributed by atoms with Gasteiger partial charge >= 0.3 is 0 Å². The largest absolute Gasteiger partial charge is 0.482 e. The maximum Gasteiger partial charge on any atom is 0.166 e. The van der Waals surface area contributed by atoms with E-state index in [1.54, 1.807) is 0 Å². The van der Waals surface area contributed by atoms with E-state index in [2.05, 4.69) is 22.0 Å². The van der Waals surface area contributed by atoms with Crippen LogP contribution >= 0.6 is 0 Å². The molecule has 2 aromatic rings. The Labute approximate surface area is 106 Å². The van der Waals surface area contributed by atoms with Crippen LogP contribution < -0.4 is 10.5 Å². The smallest absolute Gasteiger partial charge is 0.166 e. The lowest BCUT2D eigenvalue weighted by molar-refractivity contribution is 0.287. The molecule has 6 nitrogen and oxygen atoms in total. The number of nitrogens with two attached hydrogens (primary N) is 1. The molecule has 6 heteroatoms. The van der Waals surface area contributed by atoms with Crippen LogP contribution in [0, 0.1) is 6.92 Å². The highest BCUT2D eigenvalue weighted by atomic mass is 16.5. The van der Waals surface area contributed by atoms with Crippen LogP contribution in [0.4, 0.5) is 5.82 Å². The van der Waals surface area contributed by atoms with Gasteiger partial charge in [0.1, 0.15) is 12.9 Å². The molecule has 0 atom stereocenters. The first-order valence-corrected chi connectivity index (χ1v) is 5.93. The van der Waals surface area contributed by atoms with Gasteiger partial charge in [-0.25, -0.2) is 14.6 Å². The van der Waals surface area contributed by atoms with Gasteiger partial charge in [0.2, 0.25) is 0 Å². The van der Waals surface area contributed by atoms with Gasteiger partial charge in [0.25, 0.3) is 0 Å². The Morgan fingerprint density at radius 1 is 1.39 bits per heavy atom. The zero-order valence-corrected chi connectivity index (χ0v) is 10.6. The van der Waals surface area contributed by atoms with Crippen molar-refractivity contribution in [2.75, 3.05) is 5.73 Å². The second kappa shape index (κ2) is 5.48. The maximum atomic E-state index is 5.78. The summed E-state index contributed by atoms with van der Waals surface area (Å²) in [7, 11) is 0. The highest BCUT2D eigenvalue weighted by molar-refractivity contribution is 5.46. The van der Waals surface area contributed by atoms with Gasteiger partial charge in [-0.1, -0.05) is 6.92 Å². The minimum atomic E-state index is 0.342. The Morgan fingerprint density at radius 2 is 2.22 bits per heavy atom. The summed E-state index contributed by atoms with van der Waals surface area (Å²) < 4.78 is 7.44. The second-order valence-corrected chi connectivity index (χ2v) is 4.02. The van der Waals surface area contributed by atoms with Crippen LogP contribution in [-0.4, -0.2) is 19.7 Å². The molecule has 0 aromatic carbocycles. The molecule has 0 amide bonds. The molecule has 2 heterocycles. The molecular weight excluding hydrogens is 230 g/mol. The van der Waals surface area contributed by atoms with E-state index in [1.165, 1.54) is 6.33 Å². The summed E-state index contributed by atoms with van der Waals surface area (Å²) in [5.41, 5.74) is 6.65. The molecule has 2 aromatic heterocycles. The van der Waals surface area contributed by atoms with Crippen LogP contribution in [0.2, 0.25) is 0 Å². The summed E-state index contributed by atoms with van der Waals surface area (Å²) in [5, 5.41) is 4.13. The van der Waals surface area contributed by atoms with E-state index < -0.39 is 0 Å². The number of nitrogens with zero attached hydrogens (tertiary/aromatic N) is 4. The molecule has 0 spiro atoms. The Balaban J connectivity index is 2.04. The summed E-state index contributed by atoms with van der Waals surface area (Å²) in [5.74, 6) is 1.76. The predicted octanol–water partition coefficient (Wildman–Crippen LogP) is 1.55. The molecule has 0 saturated heterocycles. The van der Waals surface area contributed by atoms with Crippen molar-refractivity contribution >= 4 is 5.82 Å². The fourth-order valence-electron chi connectivity index (χ4n) is 1.63. The molecule has 96 valence electrons. The van der Waals surface area contributed by atoms with Crippen LogP contribution in [-0.2, 0) is 13.2 Å². The molecule has 18 heavy (non-hydrogen) atoms. The van der Waals surface area contributed by atoms with Gasteiger partial charge in [0.05, 0.1) is 0 Å².